The number of benzene rings is 1. The highest BCUT2D eigenvalue weighted by Gasteiger charge is 2.67. The second kappa shape index (κ2) is 5.70. The molecule has 0 radical (unpaired) electrons. The summed E-state index contributed by atoms with van der Waals surface area (Å²) in [4.78, 5) is 26.2. The van der Waals surface area contributed by atoms with E-state index in [1.807, 2.05) is 31.2 Å². The van der Waals surface area contributed by atoms with Crippen LogP contribution < -0.4 is 0 Å². The number of hydrazone groups is 1. The molecule has 1 aromatic heterocycles. The molecule has 1 saturated heterocycles. The van der Waals surface area contributed by atoms with Crippen molar-refractivity contribution in [1.29, 1.82) is 0 Å². The smallest absolute Gasteiger partial charge is 0.254 e. The Hall–Kier alpha value is -3.13. The van der Waals surface area contributed by atoms with Crippen molar-refractivity contribution < 1.29 is 9.59 Å². The number of hydrogen-bond acceptors (Lipinski definition) is 3. The molecule has 1 aromatic carbocycles. The molecular weight excluding hydrogens is 362 g/mol. The van der Waals surface area contributed by atoms with Crippen molar-refractivity contribution in [2.24, 2.45) is 40.6 Å². The van der Waals surface area contributed by atoms with Crippen molar-refractivity contribution in [2.45, 2.75) is 19.9 Å². The molecule has 2 bridgehead atoms. The maximum atomic E-state index is 13.1. The molecule has 5 heteroatoms. The first-order chi connectivity index (χ1) is 14.1. The average molecular weight is 383 g/mol. The van der Waals surface area contributed by atoms with Crippen molar-refractivity contribution in [3.63, 3.8) is 0 Å². The summed E-state index contributed by atoms with van der Waals surface area (Å²) in [6.45, 7) is 2.45. The number of allylic oxidation sites excluding steroid dienone is 2. The summed E-state index contributed by atoms with van der Waals surface area (Å²) in [5.41, 5.74) is 2.90. The number of imide groups is 1. The Bertz CT molecular complexity index is 1140. The van der Waals surface area contributed by atoms with Crippen LogP contribution in [-0.4, -0.2) is 27.6 Å². The Balaban J connectivity index is 1.38. The van der Waals surface area contributed by atoms with Crippen molar-refractivity contribution in [1.82, 2.24) is 9.58 Å². The summed E-state index contributed by atoms with van der Waals surface area (Å²) in [6.07, 6.45) is 12.7. The zero-order valence-electron chi connectivity index (χ0n) is 16.2. The maximum Gasteiger partial charge on any atom is 0.254 e. The van der Waals surface area contributed by atoms with Crippen LogP contribution in [0.5, 0.6) is 0 Å². The number of nitrogens with zero attached hydrogens (tertiary/aromatic N) is 3. The molecule has 7 rings (SSSR count). The molecule has 2 heterocycles. The predicted molar refractivity (Wildman–Crippen MR) is 110 cm³/mol. The van der Waals surface area contributed by atoms with Gasteiger partial charge in [0.25, 0.3) is 11.8 Å². The van der Waals surface area contributed by atoms with E-state index in [1.165, 1.54) is 0 Å². The topological polar surface area (TPSA) is 54.7 Å². The van der Waals surface area contributed by atoms with Crippen molar-refractivity contribution in [3.8, 4) is 12.3 Å². The number of hydrogen-bond donors (Lipinski definition) is 0. The van der Waals surface area contributed by atoms with Gasteiger partial charge in [-0.3, -0.25) is 9.59 Å². The molecule has 29 heavy (non-hydrogen) atoms. The Morgan fingerprint density at radius 1 is 1.14 bits per heavy atom. The summed E-state index contributed by atoms with van der Waals surface area (Å²) in [6, 6.07) is 7.98. The molecule has 2 amide bonds. The maximum absolute atomic E-state index is 13.1. The molecule has 0 N–H and O–H groups in total. The third-order valence-electron chi connectivity index (χ3n) is 7.47. The van der Waals surface area contributed by atoms with E-state index in [0.29, 0.717) is 18.4 Å². The zero-order valence-corrected chi connectivity index (χ0v) is 16.2. The summed E-state index contributed by atoms with van der Waals surface area (Å²) in [7, 11) is 0. The average Bonchev–Trinajstić information content (AvgIpc) is 3.47. The van der Waals surface area contributed by atoms with Gasteiger partial charge in [0.1, 0.15) is 0 Å². The standard InChI is InChI=1S/C24H21N3O2/c1-3-10-26-13(2)19(14-6-4-5-7-20(14)26)12-25-27-23(28)21-15-8-9-16(18-11-17(15)18)22(21)24(27)29/h1,4-9,12,15-18,21-22H,10-11H2,2H3/b25-12-/t15-,16-,17-,18+,21-,22+/m0/s1. The molecule has 4 aliphatic carbocycles. The highest BCUT2D eigenvalue weighted by atomic mass is 16.2. The van der Waals surface area contributed by atoms with Gasteiger partial charge in [0.05, 0.1) is 24.6 Å². The van der Waals surface area contributed by atoms with Gasteiger partial charge < -0.3 is 4.57 Å². The van der Waals surface area contributed by atoms with Crippen molar-refractivity contribution in [3.05, 3.63) is 47.7 Å². The third kappa shape index (κ3) is 2.09. The number of rotatable bonds is 3. The van der Waals surface area contributed by atoms with E-state index in [2.05, 4.69) is 27.7 Å². The molecule has 0 unspecified atom stereocenters. The van der Waals surface area contributed by atoms with Crippen LogP contribution in [0.25, 0.3) is 10.9 Å². The molecule has 5 aliphatic rings. The summed E-state index contributed by atoms with van der Waals surface area (Å²) < 4.78 is 2.06. The number of fused-ring (bicyclic) bond motifs is 1. The minimum absolute atomic E-state index is 0.133. The number of carbonyl (C=O) groups is 2. The van der Waals surface area contributed by atoms with Crippen LogP contribution in [0.1, 0.15) is 17.7 Å². The molecule has 5 nitrogen and oxygen atoms in total. The molecule has 144 valence electrons. The van der Waals surface area contributed by atoms with Gasteiger partial charge in [-0.25, -0.2) is 0 Å². The second-order valence-electron chi connectivity index (χ2n) is 8.69. The Morgan fingerprint density at radius 3 is 2.45 bits per heavy atom. The van der Waals surface area contributed by atoms with E-state index in [-0.39, 0.29) is 35.5 Å². The SMILES string of the molecule is C#CCn1c(C)c(/C=N\N2C(=O)[C@@H]3[C@H]4C=C[C@@H]([C@@H]5C[C@H]45)[C@@H]3C2=O)c2ccccc21. The first kappa shape index (κ1) is 16.8. The fourth-order valence-electron chi connectivity index (χ4n) is 6.09. The quantitative estimate of drug-likeness (QED) is 0.354. The minimum atomic E-state index is -0.220. The van der Waals surface area contributed by atoms with Crippen LogP contribution in [0.2, 0.25) is 0 Å². The summed E-state index contributed by atoms with van der Waals surface area (Å²) in [5, 5.41) is 6.57. The lowest BCUT2D eigenvalue weighted by molar-refractivity contribution is -0.140. The molecule has 1 aliphatic heterocycles. The molecular formula is C24H21N3O2. The fourth-order valence-corrected chi connectivity index (χ4v) is 6.09. The molecule has 6 atom stereocenters. The number of carbonyl (C=O) groups excluding carboxylic acids is 2. The van der Waals surface area contributed by atoms with Gasteiger partial charge in [-0.05, 0) is 43.1 Å². The van der Waals surface area contributed by atoms with Gasteiger partial charge in [0.15, 0.2) is 0 Å². The second-order valence-corrected chi connectivity index (χ2v) is 8.69. The molecule has 3 fully saturated rings. The largest absolute Gasteiger partial charge is 0.333 e. The number of amides is 2. The molecule has 2 saturated carbocycles. The van der Waals surface area contributed by atoms with E-state index >= 15 is 0 Å². The van der Waals surface area contributed by atoms with Crippen LogP contribution in [0, 0.1) is 54.8 Å². The Kier molecular flexibility index (Phi) is 3.30. The van der Waals surface area contributed by atoms with E-state index < -0.39 is 0 Å². The van der Waals surface area contributed by atoms with Crippen LogP contribution in [0.4, 0.5) is 0 Å². The van der Waals surface area contributed by atoms with Crippen LogP contribution in [0.15, 0.2) is 41.5 Å². The van der Waals surface area contributed by atoms with Crippen LogP contribution >= 0.6 is 0 Å². The van der Waals surface area contributed by atoms with E-state index in [1.54, 1.807) is 6.21 Å². The summed E-state index contributed by atoms with van der Waals surface area (Å²) in [5.74, 6) is 3.60. The molecule has 0 spiro atoms. The lowest BCUT2D eigenvalue weighted by Crippen LogP contribution is -2.40. The predicted octanol–water partition coefficient (Wildman–Crippen LogP) is 2.97. The van der Waals surface area contributed by atoms with Gasteiger partial charge in [0, 0.05) is 22.2 Å². The lowest BCUT2D eigenvalue weighted by Gasteiger charge is -2.37. The number of aromatic nitrogens is 1. The van der Waals surface area contributed by atoms with Crippen LogP contribution in [-0.2, 0) is 16.1 Å². The van der Waals surface area contributed by atoms with Gasteiger partial charge in [-0.2, -0.15) is 10.1 Å². The van der Waals surface area contributed by atoms with Crippen molar-refractivity contribution >= 4 is 28.9 Å². The number of para-hydroxylation sites is 1. The normalized spacial score (nSPS) is 34.1. The molecule has 2 aromatic rings. The third-order valence-corrected chi connectivity index (χ3v) is 7.47. The van der Waals surface area contributed by atoms with Gasteiger partial charge in [0.2, 0.25) is 0 Å². The van der Waals surface area contributed by atoms with Crippen molar-refractivity contribution in [2.75, 3.05) is 0 Å². The lowest BCUT2D eigenvalue weighted by atomic mass is 9.63. The van der Waals surface area contributed by atoms with Gasteiger partial charge in [-0.1, -0.05) is 36.3 Å². The summed E-state index contributed by atoms with van der Waals surface area (Å²) >= 11 is 0. The highest BCUT2D eigenvalue weighted by Crippen LogP contribution is 2.65. The monoisotopic (exact) mass is 383 g/mol. The minimum Gasteiger partial charge on any atom is -0.333 e. The van der Waals surface area contributed by atoms with Gasteiger partial charge >= 0.3 is 0 Å². The first-order valence-corrected chi connectivity index (χ1v) is 10.2. The Labute approximate surface area is 169 Å². The zero-order chi connectivity index (χ0) is 19.9. The van der Waals surface area contributed by atoms with E-state index in [0.717, 1.165) is 33.6 Å². The van der Waals surface area contributed by atoms with E-state index in [9.17, 15) is 9.59 Å². The van der Waals surface area contributed by atoms with E-state index in [4.69, 9.17) is 6.42 Å². The highest BCUT2D eigenvalue weighted by molar-refractivity contribution is 6.08. The number of terminal acetylenes is 1. The van der Waals surface area contributed by atoms with Crippen LogP contribution in [0.3, 0.4) is 0 Å². The fraction of sp³-hybridized carbons (Fsp3) is 0.375. The first-order valence-electron chi connectivity index (χ1n) is 10.2. The van der Waals surface area contributed by atoms with Gasteiger partial charge in [-0.15, -0.1) is 6.42 Å². The Morgan fingerprint density at radius 2 is 1.79 bits per heavy atom.